The maximum Gasteiger partial charge on any atom is 0.270 e. The molecule has 5 nitrogen and oxygen atoms in total. The number of nitrogens with zero attached hydrogens (tertiary/aromatic N) is 3. The maximum absolute atomic E-state index is 12.6. The molecule has 1 aromatic carbocycles. The molecule has 1 heterocycles. The van der Waals surface area contributed by atoms with E-state index in [4.69, 9.17) is 11.0 Å². The van der Waals surface area contributed by atoms with Crippen molar-refractivity contribution in [2.24, 2.45) is 0 Å². The Morgan fingerprint density at radius 1 is 1.45 bits per heavy atom. The second-order valence-corrected chi connectivity index (χ2v) is 5.20. The van der Waals surface area contributed by atoms with Crippen LogP contribution in [0, 0.1) is 18.3 Å². The summed E-state index contributed by atoms with van der Waals surface area (Å²) in [6.45, 7) is 2.10. The number of carbonyl (C=O) groups is 1. The zero-order valence-corrected chi connectivity index (χ0v) is 11.9. The lowest BCUT2D eigenvalue weighted by molar-refractivity contribution is 0.0990. The van der Waals surface area contributed by atoms with Crippen LogP contribution in [0.3, 0.4) is 0 Å². The van der Waals surface area contributed by atoms with Crippen LogP contribution in [-0.2, 0) is 0 Å². The number of nitriles is 1. The smallest absolute Gasteiger partial charge is 0.270 e. The molecule has 1 aromatic heterocycles. The molecule has 0 radical (unpaired) electrons. The van der Waals surface area contributed by atoms with Gasteiger partial charge in [0.25, 0.3) is 5.91 Å². The van der Waals surface area contributed by atoms with Gasteiger partial charge >= 0.3 is 0 Å². The number of nitrogens with two attached hydrogens (primary N) is 1. The minimum atomic E-state index is -0.168. The van der Waals surface area contributed by atoms with Gasteiger partial charge in [0.2, 0.25) is 0 Å². The van der Waals surface area contributed by atoms with Crippen LogP contribution in [0.15, 0.2) is 30.3 Å². The quantitative estimate of drug-likeness (QED) is 0.936. The average Bonchev–Trinajstić information content (AvgIpc) is 2.79. The first-order valence-corrected chi connectivity index (χ1v) is 6.92. The van der Waals surface area contributed by atoms with E-state index in [1.807, 2.05) is 30.3 Å². The molecule has 0 saturated carbocycles. The summed E-state index contributed by atoms with van der Waals surface area (Å²) in [4.78, 5) is 18.8. The Hall–Kier alpha value is -2.39. The number of carbonyl (C=O) groups excluding carboxylic acids is 1. The summed E-state index contributed by atoms with van der Waals surface area (Å²) in [5.74, 6) is -0.168. The maximum atomic E-state index is 12.6. The molecule has 0 saturated heterocycles. The Balaban J connectivity index is 2.34. The van der Waals surface area contributed by atoms with Gasteiger partial charge in [-0.1, -0.05) is 29.5 Å². The van der Waals surface area contributed by atoms with E-state index in [1.54, 1.807) is 11.8 Å². The number of hydrogen-bond donors (Lipinski definition) is 1. The van der Waals surface area contributed by atoms with E-state index in [9.17, 15) is 4.79 Å². The lowest BCUT2D eigenvalue weighted by atomic mass is 10.2. The second kappa shape index (κ2) is 6.17. The summed E-state index contributed by atoms with van der Waals surface area (Å²) in [7, 11) is 0. The zero-order chi connectivity index (χ0) is 14.5. The van der Waals surface area contributed by atoms with E-state index in [0.29, 0.717) is 22.2 Å². The van der Waals surface area contributed by atoms with Gasteiger partial charge in [-0.2, -0.15) is 5.26 Å². The number of para-hydroxylation sites is 1. The molecule has 20 heavy (non-hydrogen) atoms. The molecule has 2 N–H and O–H groups in total. The van der Waals surface area contributed by atoms with Crippen LogP contribution in [0.4, 0.5) is 10.8 Å². The second-order valence-electron chi connectivity index (χ2n) is 4.17. The summed E-state index contributed by atoms with van der Waals surface area (Å²) < 4.78 is 0. The van der Waals surface area contributed by atoms with Gasteiger partial charge in [0, 0.05) is 12.2 Å². The highest BCUT2D eigenvalue weighted by atomic mass is 32.1. The van der Waals surface area contributed by atoms with Crippen LogP contribution in [0.25, 0.3) is 0 Å². The predicted molar refractivity (Wildman–Crippen MR) is 79.6 cm³/mol. The third-order valence-electron chi connectivity index (χ3n) is 2.77. The zero-order valence-electron chi connectivity index (χ0n) is 11.0. The van der Waals surface area contributed by atoms with Crippen molar-refractivity contribution in [1.29, 1.82) is 5.26 Å². The molecular weight excluding hydrogens is 272 g/mol. The van der Waals surface area contributed by atoms with Crippen molar-refractivity contribution < 1.29 is 4.79 Å². The highest BCUT2D eigenvalue weighted by Crippen LogP contribution is 2.24. The Bertz CT molecular complexity index is 645. The highest BCUT2D eigenvalue weighted by Gasteiger charge is 2.22. The van der Waals surface area contributed by atoms with Gasteiger partial charge in [-0.05, 0) is 19.1 Å². The van der Waals surface area contributed by atoms with E-state index in [0.717, 1.165) is 5.69 Å². The number of anilines is 2. The lowest BCUT2D eigenvalue weighted by Crippen LogP contribution is -2.31. The minimum absolute atomic E-state index is 0.168. The summed E-state index contributed by atoms with van der Waals surface area (Å²) in [6.07, 6.45) is 0.272. The van der Waals surface area contributed by atoms with Gasteiger partial charge in [0.15, 0.2) is 5.13 Å². The van der Waals surface area contributed by atoms with Crippen molar-refractivity contribution in [1.82, 2.24) is 4.98 Å². The molecule has 0 aliphatic rings. The largest absolute Gasteiger partial charge is 0.375 e. The Morgan fingerprint density at radius 2 is 2.15 bits per heavy atom. The van der Waals surface area contributed by atoms with Gasteiger partial charge in [0.05, 0.1) is 18.2 Å². The number of hydrogen-bond acceptors (Lipinski definition) is 5. The first kappa shape index (κ1) is 14.0. The van der Waals surface area contributed by atoms with Crippen molar-refractivity contribution in [3.63, 3.8) is 0 Å². The molecule has 0 unspecified atom stereocenters. The monoisotopic (exact) mass is 286 g/mol. The number of rotatable bonds is 4. The van der Waals surface area contributed by atoms with E-state index >= 15 is 0 Å². The predicted octanol–water partition coefficient (Wildman–Crippen LogP) is 2.59. The van der Waals surface area contributed by atoms with Crippen LogP contribution >= 0.6 is 11.3 Å². The molecule has 2 rings (SSSR count). The minimum Gasteiger partial charge on any atom is -0.375 e. The number of benzene rings is 1. The fourth-order valence-electron chi connectivity index (χ4n) is 1.86. The average molecular weight is 286 g/mol. The SMILES string of the molecule is Cc1nc(N)sc1C(=O)N(CCC#N)c1ccccc1. The summed E-state index contributed by atoms with van der Waals surface area (Å²) in [6, 6.07) is 11.3. The topological polar surface area (TPSA) is 83.0 Å². The molecule has 0 spiro atoms. The molecule has 0 bridgehead atoms. The first-order chi connectivity index (χ1) is 9.63. The van der Waals surface area contributed by atoms with Crippen LogP contribution in [-0.4, -0.2) is 17.4 Å². The Labute approximate surface area is 121 Å². The number of amides is 1. The molecule has 2 aromatic rings. The Morgan fingerprint density at radius 3 is 2.70 bits per heavy atom. The van der Waals surface area contributed by atoms with Crippen molar-refractivity contribution in [3.05, 3.63) is 40.9 Å². The lowest BCUT2D eigenvalue weighted by Gasteiger charge is -2.21. The highest BCUT2D eigenvalue weighted by molar-refractivity contribution is 7.17. The number of thiazole rings is 1. The van der Waals surface area contributed by atoms with Crippen molar-refractivity contribution in [2.45, 2.75) is 13.3 Å². The van der Waals surface area contributed by atoms with Crippen LogP contribution < -0.4 is 10.6 Å². The summed E-state index contributed by atoms with van der Waals surface area (Å²) in [5.41, 5.74) is 7.02. The van der Waals surface area contributed by atoms with Gasteiger partial charge in [-0.25, -0.2) is 4.98 Å². The molecule has 0 aliphatic carbocycles. The number of nitrogen functional groups attached to an aromatic ring is 1. The standard InChI is InChI=1S/C14H14N4OS/c1-10-12(20-14(16)17-10)13(19)18(9-5-8-15)11-6-3-2-4-7-11/h2-4,6-7H,5,9H2,1H3,(H2,16,17). The first-order valence-electron chi connectivity index (χ1n) is 6.10. The summed E-state index contributed by atoms with van der Waals surface area (Å²) in [5, 5.41) is 9.13. The van der Waals surface area contributed by atoms with Gasteiger partial charge < -0.3 is 10.6 Å². The molecule has 0 atom stereocenters. The third-order valence-corrected chi connectivity index (χ3v) is 3.74. The normalized spacial score (nSPS) is 10.0. The van der Waals surface area contributed by atoms with Gasteiger partial charge in [-0.15, -0.1) is 0 Å². The van der Waals surface area contributed by atoms with Crippen molar-refractivity contribution in [2.75, 3.05) is 17.2 Å². The fraction of sp³-hybridized carbons (Fsp3) is 0.214. The summed E-state index contributed by atoms with van der Waals surface area (Å²) >= 11 is 1.17. The van der Waals surface area contributed by atoms with E-state index in [-0.39, 0.29) is 12.3 Å². The van der Waals surface area contributed by atoms with E-state index in [1.165, 1.54) is 11.3 Å². The van der Waals surface area contributed by atoms with Gasteiger partial charge in [-0.3, -0.25) is 4.79 Å². The molecule has 102 valence electrons. The third kappa shape index (κ3) is 2.95. The van der Waals surface area contributed by atoms with E-state index < -0.39 is 0 Å². The van der Waals surface area contributed by atoms with Crippen LogP contribution in [0.1, 0.15) is 21.8 Å². The fourth-order valence-corrected chi connectivity index (χ4v) is 2.64. The molecule has 1 amide bonds. The van der Waals surface area contributed by atoms with Gasteiger partial charge in [0.1, 0.15) is 4.88 Å². The molecular formula is C14H14N4OS. The molecule has 6 heteroatoms. The number of aryl methyl sites for hydroxylation is 1. The molecule has 0 aliphatic heterocycles. The van der Waals surface area contributed by atoms with Crippen molar-refractivity contribution >= 4 is 28.1 Å². The van der Waals surface area contributed by atoms with Crippen molar-refractivity contribution in [3.8, 4) is 6.07 Å². The Kier molecular flexibility index (Phi) is 4.33. The van der Waals surface area contributed by atoms with Crippen LogP contribution in [0.5, 0.6) is 0 Å². The van der Waals surface area contributed by atoms with Crippen LogP contribution in [0.2, 0.25) is 0 Å². The number of aromatic nitrogens is 1. The molecule has 0 fully saturated rings. The van der Waals surface area contributed by atoms with E-state index in [2.05, 4.69) is 11.1 Å².